The second kappa shape index (κ2) is 6.04. The first-order valence-electron chi connectivity index (χ1n) is 7.30. The summed E-state index contributed by atoms with van der Waals surface area (Å²) in [7, 11) is 2.14. The van der Waals surface area contributed by atoms with Crippen LogP contribution in [0.2, 0.25) is 5.02 Å². The number of hydrazone groups is 1. The van der Waals surface area contributed by atoms with Crippen LogP contribution in [0.5, 0.6) is 0 Å². The highest BCUT2D eigenvalue weighted by Crippen LogP contribution is 2.25. The molecule has 3 rings (SSSR count). The van der Waals surface area contributed by atoms with Crippen molar-refractivity contribution in [3.05, 3.63) is 46.5 Å². The zero-order chi connectivity index (χ0) is 14.8. The minimum atomic E-state index is 0.759. The van der Waals surface area contributed by atoms with Crippen molar-refractivity contribution in [3.8, 4) is 0 Å². The normalized spacial score (nSPS) is 17.0. The molecule has 0 N–H and O–H groups in total. The molecule has 0 saturated carbocycles. The van der Waals surface area contributed by atoms with Gasteiger partial charge in [-0.25, -0.2) is 0 Å². The number of hydrogen-bond acceptors (Lipinski definition) is 3. The van der Waals surface area contributed by atoms with Crippen molar-refractivity contribution in [2.45, 2.75) is 6.92 Å². The third kappa shape index (κ3) is 3.20. The van der Waals surface area contributed by atoms with E-state index in [-0.39, 0.29) is 0 Å². The van der Waals surface area contributed by atoms with E-state index in [1.165, 1.54) is 16.3 Å². The summed E-state index contributed by atoms with van der Waals surface area (Å²) in [6, 6.07) is 10.5. The summed E-state index contributed by atoms with van der Waals surface area (Å²) in [4.78, 5) is 2.32. The number of fused-ring (bicyclic) bond motifs is 1. The fraction of sp³-hybridized carbons (Fsp3) is 0.353. The van der Waals surface area contributed by atoms with E-state index in [2.05, 4.69) is 53.2 Å². The van der Waals surface area contributed by atoms with Gasteiger partial charge in [-0.05, 0) is 42.4 Å². The summed E-state index contributed by atoms with van der Waals surface area (Å²) in [5.41, 5.74) is 2.23. The van der Waals surface area contributed by atoms with Crippen LogP contribution in [0.3, 0.4) is 0 Å². The molecule has 1 fully saturated rings. The summed E-state index contributed by atoms with van der Waals surface area (Å²) >= 11 is 6.40. The standard InChI is InChI=1S/C17H20ClN3/c1-13-4-3-5-14-10-15(17(18)11-16(13)14)12-19-21-8-6-20(2)7-9-21/h3-5,10-12H,6-9H2,1-2H3/b19-12+. The maximum atomic E-state index is 6.40. The van der Waals surface area contributed by atoms with E-state index >= 15 is 0 Å². The highest BCUT2D eigenvalue weighted by atomic mass is 35.5. The molecule has 0 radical (unpaired) electrons. The van der Waals surface area contributed by atoms with E-state index < -0.39 is 0 Å². The van der Waals surface area contributed by atoms with Crippen LogP contribution in [-0.2, 0) is 0 Å². The molecule has 1 aliphatic rings. The van der Waals surface area contributed by atoms with Crippen molar-refractivity contribution in [1.82, 2.24) is 9.91 Å². The molecule has 3 nitrogen and oxygen atoms in total. The summed E-state index contributed by atoms with van der Waals surface area (Å²) in [6.07, 6.45) is 1.88. The SMILES string of the molecule is Cc1cccc2cc(/C=N/N3CCN(C)CC3)c(Cl)cc12. The van der Waals surface area contributed by atoms with Crippen LogP contribution in [0.1, 0.15) is 11.1 Å². The Morgan fingerprint density at radius 1 is 1.14 bits per heavy atom. The first-order valence-corrected chi connectivity index (χ1v) is 7.67. The van der Waals surface area contributed by atoms with Crippen molar-refractivity contribution in [2.24, 2.45) is 5.10 Å². The Balaban J connectivity index is 1.85. The van der Waals surface area contributed by atoms with Crippen LogP contribution in [0.15, 0.2) is 35.4 Å². The highest BCUT2D eigenvalue weighted by molar-refractivity contribution is 6.34. The predicted molar refractivity (Wildman–Crippen MR) is 90.4 cm³/mol. The molecular formula is C17H20ClN3. The maximum absolute atomic E-state index is 6.40. The average molecular weight is 302 g/mol. The number of likely N-dealkylation sites (N-methyl/N-ethyl adjacent to an activating group) is 1. The number of halogens is 1. The van der Waals surface area contributed by atoms with Crippen LogP contribution in [0.4, 0.5) is 0 Å². The lowest BCUT2D eigenvalue weighted by atomic mass is 10.0. The third-order valence-electron chi connectivity index (χ3n) is 4.06. The molecule has 0 atom stereocenters. The number of hydrogen-bond donors (Lipinski definition) is 0. The van der Waals surface area contributed by atoms with Crippen molar-refractivity contribution in [2.75, 3.05) is 33.2 Å². The first kappa shape index (κ1) is 14.4. The molecule has 0 spiro atoms. The molecule has 110 valence electrons. The monoisotopic (exact) mass is 301 g/mol. The van der Waals surface area contributed by atoms with Gasteiger partial charge in [0.2, 0.25) is 0 Å². The van der Waals surface area contributed by atoms with E-state index in [1.807, 2.05) is 12.3 Å². The van der Waals surface area contributed by atoms with Crippen molar-refractivity contribution < 1.29 is 0 Å². The van der Waals surface area contributed by atoms with Gasteiger partial charge in [-0.2, -0.15) is 5.10 Å². The lowest BCUT2D eigenvalue weighted by Crippen LogP contribution is -2.41. The number of rotatable bonds is 2. The Kier molecular flexibility index (Phi) is 4.13. The zero-order valence-electron chi connectivity index (χ0n) is 12.5. The molecule has 4 heteroatoms. The molecule has 1 aliphatic heterocycles. The number of piperazine rings is 1. The van der Waals surface area contributed by atoms with E-state index in [1.54, 1.807) is 0 Å². The molecule has 21 heavy (non-hydrogen) atoms. The summed E-state index contributed by atoms with van der Waals surface area (Å²) < 4.78 is 0. The molecule has 0 aromatic heterocycles. The molecule has 0 bridgehead atoms. The van der Waals surface area contributed by atoms with E-state index in [0.717, 1.165) is 36.8 Å². The molecular weight excluding hydrogens is 282 g/mol. The molecule has 2 aromatic rings. The quantitative estimate of drug-likeness (QED) is 0.792. The van der Waals surface area contributed by atoms with E-state index in [4.69, 9.17) is 11.6 Å². The molecule has 2 aromatic carbocycles. The molecule has 0 unspecified atom stereocenters. The van der Waals surface area contributed by atoms with Crippen LogP contribution in [0.25, 0.3) is 10.8 Å². The minimum absolute atomic E-state index is 0.759. The average Bonchev–Trinajstić information content (AvgIpc) is 2.48. The Bertz CT molecular complexity index is 673. The van der Waals surface area contributed by atoms with Crippen LogP contribution in [-0.4, -0.2) is 49.4 Å². The first-order chi connectivity index (χ1) is 10.1. The number of aryl methyl sites for hydroxylation is 1. The van der Waals surface area contributed by atoms with Crippen molar-refractivity contribution in [1.29, 1.82) is 0 Å². The Morgan fingerprint density at radius 3 is 2.67 bits per heavy atom. The fourth-order valence-electron chi connectivity index (χ4n) is 2.63. The highest BCUT2D eigenvalue weighted by Gasteiger charge is 2.11. The summed E-state index contributed by atoms with van der Waals surface area (Å²) in [5.74, 6) is 0. The van der Waals surface area contributed by atoms with E-state index in [9.17, 15) is 0 Å². The van der Waals surface area contributed by atoms with Crippen LogP contribution < -0.4 is 0 Å². The molecule has 1 heterocycles. The summed E-state index contributed by atoms with van der Waals surface area (Å²) in [5, 5.41) is 9.86. The van der Waals surface area contributed by atoms with Gasteiger partial charge in [-0.3, -0.25) is 5.01 Å². The maximum Gasteiger partial charge on any atom is 0.0558 e. The topological polar surface area (TPSA) is 18.8 Å². The molecule has 1 saturated heterocycles. The Hall–Kier alpha value is -1.58. The van der Waals surface area contributed by atoms with Crippen LogP contribution in [0, 0.1) is 6.92 Å². The zero-order valence-corrected chi connectivity index (χ0v) is 13.3. The van der Waals surface area contributed by atoms with Gasteiger partial charge in [0.05, 0.1) is 11.2 Å². The van der Waals surface area contributed by atoms with E-state index in [0.29, 0.717) is 0 Å². The van der Waals surface area contributed by atoms with Gasteiger partial charge in [0.1, 0.15) is 0 Å². The van der Waals surface area contributed by atoms with Crippen LogP contribution >= 0.6 is 11.6 Å². The molecule has 0 aliphatic carbocycles. The predicted octanol–water partition coefficient (Wildman–Crippen LogP) is 3.38. The lowest BCUT2D eigenvalue weighted by molar-refractivity contribution is 0.159. The number of benzene rings is 2. The molecule has 0 amide bonds. The van der Waals surface area contributed by atoms with Gasteiger partial charge >= 0.3 is 0 Å². The van der Waals surface area contributed by atoms with Gasteiger partial charge in [-0.15, -0.1) is 0 Å². The second-order valence-electron chi connectivity index (χ2n) is 5.67. The smallest absolute Gasteiger partial charge is 0.0558 e. The van der Waals surface area contributed by atoms with Crippen molar-refractivity contribution >= 4 is 28.6 Å². The van der Waals surface area contributed by atoms with Gasteiger partial charge in [0.25, 0.3) is 0 Å². The largest absolute Gasteiger partial charge is 0.303 e. The Morgan fingerprint density at radius 2 is 1.90 bits per heavy atom. The van der Waals surface area contributed by atoms with Gasteiger partial charge < -0.3 is 4.90 Å². The third-order valence-corrected chi connectivity index (χ3v) is 4.38. The lowest BCUT2D eigenvalue weighted by Gasteiger charge is -2.30. The van der Waals surface area contributed by atoms with Gasteiger partial charge in [0, 0.05) is 31.7 Å². The van der Waals surface area contributed by atoms with Gasteiger partial charge in [-0.1, -0.05) is 29.8 Å². The van der Waals surface area contributed by atoms with Crippen molar-refractivity contribution in [3.63, 3.8) is 0 Å². The Labute approximate surface area is 130 Å². The number of nitrogens with zero attached hydrogens (tertiary/aromatic N) is 3. The minimum Gasteiger partial charge on any atom is -0.303 e. The second-order valence-corrected chi connectivity index (χ2v) is 6.08. The van der Waals surface area contributed by atoms with Gasteiger partial charge in [0.15, 0.2) is 0 Å². The fourth-order valence-corrected chi connectivity index (χ4v) is 2.84. The summed E-state index contributed by atoms with van der Waals surface area (Å²) in [6.45, 7) is 6.16.